The smallest absolute Gasteiger partial charge is 0.223 e. The van der Waals surface area contributed by atoms with Gasteiger partial charge in [0.05, 0.1) is 37.1 Å². The van der Waals surface area contributed by atoms with E-state index < -0.39 is 6.29 Å². The number of aliphatic hydroxyl groups is 2. The van der Waals surface area contributed by atoms with Crippen LogP contribution < -0.4 is 14.8 Å². The lowest BCUT2D eigenvalue weighted by Gasteiger charge is -2.23. The molecule has 170 valence electrons. The van der Waals surface area contributed by atoms with Gasteiger partial charge in [-0.2, -0.15) is 10.2 Å². The van der Waals surface area contributed by atoms with Crippen molar-refractivity contribution in [3.05, 3.63) is 53.9 Å². The third-order valence-corrected chi connectivity index (χ3v) is 5.14. The van der Waals surface area contributed by atoms with E-state index in [1.54, 1.807) is 24.3 Å². The van der Waals surface area contributed by atoms with E-state index in [-0.39, 0.29) is 17.5 Å². The highest BCUT2D eigenvalue weighted by atomic mass is 16.5. The van der Waals surface area contributed by atoms with Gasteiger partial charge in [-0.3, -0.25) is 0 Å². The van der Waals surface area contributed by atoms with Crippen molar-refractivity contribution >= 4 is 11.6 Å². The lowest BCUT2D eigenvalue weighted by Crippen LogP contribution is -2.26. The molecule has 0 atom stereocenters. The van der Waals surface area contributed by atoms with Crippen LogP contribution in [0.5, 0.6) is 11.6 Å². The van der Waals surface area contributed by atoms with Crippen LogP contribution in [0, 0.1) is 11.3 Å². The topological polar surface area (TPSA) is 143 Å². The molecule has 0 amide bonds. The highest BCUT2D eigenvalue weighted by Gasteiger charge is 2.18. The number of hydrogen-bond acceptors (Lipinski definition) is 10. The van der Waals surface area contributed by atoms with Crippen molar-refractivity contribution in [2.45, 2.75) is 25.2 Å². The molecule has 1 fully saturated rings. The van der Waals surface area contributed by atoms with Crippen LogP contribution in [-0.2, 0) is 4.74 Å². The summed E-state index contributed by atoms with van der Waals surface area (Å²) in [4.78, 5) is 12.7. The standard InChI is InChI=1S/C23H23N5O5/c1-31-22-17(23(29)30)3-5-20(28-22)27-21-11-18(25-13-26-21)14-2-4-19(15(10-14)12-24)33-16-6-8-32-9-7-16/h2-5,10-11,13,16,23,29-30H,6-9H2,1H3,(H,25,26,27,28). The van der Waals surface area contributed by atoms with Crippen molar-refractivity contribution in [3.63, 3.8) is 0 Å². The van der Waals surface area contributed by atoms with Gasteiger partial charge in [-0.15, -0.1) is 0 Å². The molecular formula is C23H23N5O5. The van der Waals surface area contributed by atoms with Gasteiger partial charge < -0.3 is 29.7 Å². The number of ether oxygens (including phenoxy) is 3. The summed E-state index contributed by atoms with van der Waals surface area (Å²) in [6.45, 7) is 1.32. The van der Waals surface area contributed by atoms with E-state index in [4.69, 9.17) is 14.2 Å². The molecule has 1 saturated heterocycles. The van der Waals surface area contributed by atoms with Gasteiger partial charge in [0.25, 0.3) is 0 Å². The lowest BCUT2D eigenvalue weighted by atomic mass is 10.1. The van der Waals surface area contributed by atoms with Crippen LogP contribution in [0.3, 0.4) is 0 Å². The van der Waals surface area contributed by atoms with Gasteiger partial charge in [0.2, 0.25) is 5.88 Å². The van der Waals surface area contributed by atoms with Gasteiger partial charge in [-0.05, 0) is 30.3 Å². The second-order valence-electron chi connectivity index (χ2n) is 7.33. The van der Waals surface area contributed by atoms with Crippen molar-refractivity contribution in [3.8, 4) is 29.0 Å². The van der Waals surface area contributed by atoms with Crippen molar-refractivity contribution < 1.29 is 24.4 Å². The van der Waals surface area contributed by atoms with E-state index in [0.29, 0.717) is 41.9 Å². The number of benzene rings is 1. The molecule has 0 aliphatic carbocycles. The largest absolute Gasteiger partial charge is 0.489 e. The second kappa shape index (κ2) is 10.2. The minimum Gasteiger partial charge on any atom is -0.489 e. The fourth-order valence-corrected chi connectivity index (χ4v) is 3.45. The Morgan fingerprint density at radius 2 is 1.94 bits per heavy atom. The Bertz CT molecular complexity index is 1160. The van der Waals surface area contributed by atoms with Gasteiger partial charge in [0.1, 0.15) is 35.9 Å². The quantitative estimate of drug-likeness (QED) is 0.461. The van der Waals surface area contributed by atoms with E-state index in [2.05, 4.69) is 26.3 Å². The molecule has 10 nitrogen and oxygen atoms in total. The lowest BCUT2D eigenvalue weighted by molar-refractivity contribution is -0.0442. The molecule has 0 bridgehead atoms. The highest BCUT2D eigenvalue weighted by Crippen LogP contribution is 2.29. The minimum atomic E-state index is -1.69. The maximum Gasteiger partial charge on any atom is 0.223 e. The second-order valence-corrected chi connectivity index (χ2v) is 7.33. The fraction of sp³-hybridized carbons (Fsp3) is 0.304. The Labute approximate surface area is 190 Å². The SMILES string of the molecule is COc1nc(Nc2cc(-c3ccc(OC4CCOCC4)c(C#N)c3)ncn2)ccc1C(O)O. The molecule has 1 aliphatic heterocycles. The highest BCUT2D eigenvalue weighted by molar-refractivity contribution is 5.67. The average Bonchev–Trinajstić information content (AvgIpc) is 2.85. The summed E-state index contributed by atoms with van der Waals surface area (Å²) >= 11 is 0. The van der Waals surface area contributed by atoms with Crippen LogP contribution in [0.15, 0.2) is 42.7 Å². The molecule has 0 spiro atoms. The molecule has 0 saturated carbocycles. The monoisotopic (exact) mass is 449 g/mol. The molecule has 1 aromatic carbocycles. The fourth-order valence-electron chi connectivity index (χ4n) is 3.45. The normalized spacial score (nSPS) is 14.0. The van der Waals surface area contributed by atoms with E-state index in [1.807, 2.05) is 6.07 Å². The first-order valence-corrected chi connectivity index (χ1v) is 10.4. The Morgan fingerprint density at radius 1 is 1.12 bits per heavy atom. The number of methoxy groups -OCH3 is 1. The van der Waals surface area contributed by atoms with Crippen LogP contribution in [0.4, 0.5) is 11.6 Å². The number of rotatable bonds is 7. The zero-order valence-corrected chi connectivity index (χ0v) is 17.9. The Balaban J connectivity index is 1.54. The summed E-state index contributed by atoms with van der Waals surface area (Å²) < 4.78 is 16.5. The average molecular weight is 449 g/mol. The predicted molar refractivity (Wildman–Crippen MR) is 118 cm³/mol. The zero-order valence-electron chi connectivity index (χ0n) is 17.9. The molecule has 0 radical (unpaired) electrons. The van der Waals surface area contributed by atoms with Crippen molar-refractivity contribution in [1.82, 2.24) is 15.0 Å². The molecule has 10 heteroatoms. The number of aromatic nitrogens is 3. The number of hydrogen-bond donors (Lipinski definition) is 3. The molecule has 0 unspecified atom stereocenters. The molecule has 4 rings (SSSR count). The van der Waals surface area contributed by atoms with Gasteiger partial charge >= 0.3 is 0 Å². The van der Waals surface area contributed by atoms with Crippen LogP contribution in [0.2, 0.25) is 0 Å². The summed E-state index contributed by atoms with van der Waals surface area (Å²) in [6, 6.07) is 12.4. The third-order valence-electron chi connectivity index (χ3n) is 5.14. The number of nitrogens with one attached hydrogen (secondary N) is 1. The van der Waals surface area contributed by atoms with Crippen LogP contribution in [0.25, 0.3) is 11.3 Å². The molecule has 33 heavy (non-hydrogen) atoms. The van der Waals surface area contributed by atoms with Crippen molar-refractivity contribution in [1.29, 1.82) is 5.26 Å². The predicted octanol–water partition coefficient (Wildman–Crippen LogP) is 2.70. The summed E-state index contributed by atoms with van der Waals surface area (Å²) in [6.07, 6.45) is 1.34. The first kappa shape index (κ1) is 22.4. The summed E-state index contributed by atoms with van der Waals surface area (Å²) in [5.41, 5.74) is 1.92. The Kier molecular flexibility index (Phi) is 6.95. The molecule has 2 aromatic heterocycles. The van der Waals surface area contributed by atoms with Crippen molar-refractivity contribution in [2.75, 3.05) is 25.6 Å². The third kappa shape index (κ3) is 5.35. The number of pyridine rings is 1. The van der Waals surface area contributed by atoms with E-state index in [0.717, 1.165) is 18.4 Å². The van der Waals surface area contributed by atoms with Crippen molar-refractivity contribution in [2.24, 2.45) is 0 Å². The number of nitriles is 1. The van der Waals surface area contributed by atoms with E-state index in [9.17, 15) is 15.5 Å². The summed E-state index contributed by atoms with van der Waals surface area (Å²) in [5.74, 6) is 1.50. The van der Waals surface area contributed by atoms with Gasteiger partial charge in [-0.1, -0.05) is 0 Å². The number of nitrogens with zero attached hydrogens (tertiary/aromatic N) is 4. The molecular weight excluding hydrogens is 426 g/mol. The minimum absolute atomic E-state index is 0.0365. The maximum atomic E-state index is 9.62. The Morgan fingerprint density at radius 3 is 2.67 bits per heavy atom. The number of anilines is 2. The van der Waals surface area contributed by atoms with Gasteiger partial charge in [0, 0.05) is 24.5 Å². The van der Waals surface area contributed by atoms with E-state index in [1.165, 1.54) is 19.5 Å². The zero-order chi connectivity index (χ0) is 23.2. The first-order valence-electron chi connectivity index (χ1n) is 10.4. The van der Waals surface area contributed by atoms with Gasteiger partial charge in [-0.25, -0.2) is 9.97 Å². The van der Waals surface area contributed by atoms with Crippen LogP contribution in [0.1, 0.15) is 30.3 Å². The first-order chi connectivity index (χ1) is 16.1. The van der Waals surface area contributed by atoms with Crippen LogP contribution in [-0.4, -0.2) is 51.6 Å². The molecule has 3 aromatic rings. The molecule has 3 N–H and O–H groups in total. The van der Waals surface area contributed by atoms with Crippen LogP contribution >= 0.6 is 0 Å². The maximum absolute atomic E-state index is 9.62. The molecule has 1 aliphatic rings. The summed E-state index contributed by atoms with van der Waals surface area (Å²) in [7, 11) is 1.39. The number of aliphatic hydroxyl groups excluding tert-OH is 1. The molecule has 3 heterocycles. The Hall–Kier alpha value is -3.78. The van der Waals surface area contributed by atoms with E-state index >= 15 is 0 Å². The van der Waals surface area contributed by atoms with Gasteiger partial charge in [0.15, 0.2) is 6.29 Å². The summed E-state index contributed by atoms with van der Waals surface area (Å²) in [5, 5.41) is 31.4.